The van der Waals surface area contributed by atoms with Crippen LogP contribution in [-0.2, 0) is 20.9 Å². The number of ether oxygens (including phenoxy) is 1. The van der Waals surface area contributed by atoms with E-state index >= 15 is 0 Å². The van der Waals surface area contributed by atoms with E-state index in [9.17, 15) is 19.5 Å². The van der Waals surface area contributed by atoms with Crippen molar-refractivity contribution in [3.63, 3.8) is 0 Å². The fourth-order valence-electron chi connectivity index (χ4n) is 5.79. The van der Waals surface area contributed by atoms with Crippen LogP contribution in [0.15, 0.2) is 78.9 Å². The Morgan fingerprint density at radius 1 is 0.902 bits per heavy atom. The average molecular weight is 558 g/mol. The largest absolute Gasteiger partial charge is 0.479 e. The van der Waals surface area contributed by atoms with E-state index in [0.717, 1.165) is 34.4 Å². The Morgan fingerprint density at radius 2 is 1.49 bits per heavy atom. The number of aliphatic hydroxyl groups is 1. The molecule has 1 fully saturated rings. The van der Waals surface area contributed by atoms with Crippen molar-refractivity contribution in [1.29, 1.82) is 0 Å². The third-order valence-electron chi connectivity index (χ3n) is 8.07. The number of carbonyl (C=O) groups excluding carboxylic acids is 2. The molecule has 9 nitrogen and oxygen atoms in total. The van der Waals surface area contributed by atoms with E-state index in [0.29, 0.717) is 25.9 Å². The molecule has 1 unspecified atom stereocenters. The lowest BCUT2D eigenvalue weighted by Gasteiger charge is -2.40. The monoisotopic (exact) mass is 557 g/mol. The number of fused-ring (bicyclic) bond motifs is 3. The molecular formula is C32H35N3O6. The molecule has 5 rings (SSSR count). The number of aliphatic carboxylic acids is 1. The first kappa shape index (κ1) is 28.3. The van der Waals surface area contributed by atoms with Gasteiger partial charge in [0.2, 0.25) is 5.91 Å². The molecule has 0 radical (unpaired) electrons. The van der Waals surface area contributed by atoms with Crippen molar-refractivity contribution >= 4 is 18.0 Å². The van der Waals surface area contributed by atoms with Crippen LogP contribution in [-0.4, -0.2) is 71.0 Å². The molecule has 0 bridgehead atoms. The fraction of sp³-hybridized carbons (Fsp3) is 0.344. The second-order valence-electron chi connectivity index (χ2n) is 10.7. The third kappa shape index (κ3) is 6.42. The van der Waals surface area contributed by atoms with Crippen LogP contribution in [0.1, 0.15) is 41.9 Å². The van der Waals surface area contributed by atoms with Gasteiger partial charge in [0.15, 0.2) is 6.10 Å². The summed E-state index contributed by atoms with van der Waals surface area (Å²) in [4.78, 5) is 39.8. The Bertz CT molecular complexity index is 1340. The van der Waals surface area contributed by atoms with Gasteiger partial charge in [-0.2, -0.15) is 0 Å². The third-order valence-corrected chi connectivity index (χ3v) is 8.07. The number of carbonyl (C=O) groups is 3. The number of amides is 2. The quantitative estimate of drug-likeness (QED) is 0.300. The van der Waals surface area contributed by atoms with E-state index in [-0.39, 0.29) is 25.5 Å². The van der Waals surface area contributed by atoms with E-state index in [2.05, 4.69) is 39.8 Å². The molecule has 1 aliphatic heterocycles. The van der Waals surface area contributed by atoms with Crippen LogP contribution < -0.4 is 10.6 Å². The molecule has 0 spiro atoms. The molecule has 4 N–H and O–H groups in total. The molecule has 1 heterocycles. The van der Waals surface area contributed by atoms with Crippen LogP contribution in [0.5, 0.6) is 0 Å². The number of nitrogens with one attached hydrogen (secondary N) is 2. The summed E-state index contributed by atoms with van der Waals surface area (Å²) in [6.45, 7) is 1.97. The molecule has 1 atom stereocenters. The summed E-state index contributed by atoms with van der Waals surface area (Å²) in [5, 5.41) is 24.1. The summed E-state index contributed by atoms with van der Waals surface area (Å²) in [5.41, 5.74) is 4.39. The fourth-order valence-corrected chi connectivity index (χ4v) is 5.79. The highest BCUT2D eigenvalue weighted by molar-refractivity contribution is 5.90. The normalized spacial score (nSPS) is 16.7. The minimum absolute atomic E-state index is 0.0336. The van der Waals surface area contributed by atoms with Crippen LogP contribution in [0.3, 0.4) is 0 Å². The van der Waals surface area contributed by atoms with Gasteiger partial charge in [-0.05, 0) is 40.7 Å². The van der Waals surface area contributed by atoms with Crippen molar-refractivity contribution in [2.45, 2.75) is 43.4 Å². The molecule has 2 aliphatic rings. The second kappa shape index (κ2) is 12.5. The first-order chi connectivity index (χ1) is 19.9. The summed E-state index contributed by atoms with van der Waals surface area (Å²) in [7, 11) is 0. The van der Waals surface area contributed by atoms with E-state index in [1.807, 2.05) is 54.6 Å². The van der Waals surface area contributed by atoms with Gasteiger partial charge in [-0.25, -0.2) is 9.59 Å². The maximum absolute atomic E-state index is 13.4. The number of piperidine rings is 1. The Hall–Kier alpha value is -4.21. The summed E-state index contributed by atoms with van der Waals surface area (Å²) in [6.07, 6.45) is -1.67. The number of alkyl carbamates (subject to hydrolysis) is 1. The molecular weight excluding hydrogens is 522 g/mol. The molecule has 0 saturated carbocycles. The maximum Gasteiger partial charge on any atom is 0.408 e. The number of rotatable bonds is 10. The van der Waals surface area contributed by atoms with Crippen molar-refractivity contribution < 1.29 is 29.3 Å². The molecule has 2 amide bonds. The molecule has 9 heteroatoms. The number of likely N-dealkylation sites (tertiary alicyclic amines) is 1. The number of carboxylic acid groups (broad SMARTS) is 1. The van der Waals surface area contributed by atoms with Crippen molar-refractivity contribution in [3.8, 4) is 11.1 Å². The molecule has 3 aromatic carbocycles. The average Bonchev–Trinajstić information content (AvgIpc) is 3.31. The Kier molecular flexibility index (Phi) is 8.66. The number of hydrogen-bond acceptors (Lipinski definition) is 6. The van der Waals surface area contributed by atoms with E-state index < -0.39 is 29.6 Å². The number of carboxylic acids is 1. The van der Waals surface area contributed by atoms with Crippen molar-refractivity contribution in [3.05, 3.63) is 95.6 Å². The van der Waals surface area contributed by atoms with Gasteiger partial charge >= 0.3 is 12.1 Å². The van der Waals surface area contributed by atoms with Crippen LogP contribution >= 0.6 is 0 Å². The minimum Gasteiger partial charge on any atom is -0.479 e. The lowest BCUT2D eigenvalue weighted by molar-refractivity contribution is -0.147. The SMILES string of the molecule is O=C(NC1(C(=O)NCCC(O)C(=O)O)CCN(Cc2ccccc2)CC1)OCC1c2ccccc2-c2ccccc21. The lowest BCUT2D eigenvalue weighted by atomic mass is 9.86. The van der Waals surface area contributed by atoms with Crippen molar-refractivity contribution in [1.82, 2.24) is 15.5 Å². The summed E-state index contributed by atoms with van der Waals surface area (Å²) in [5.74, 6) is -1.87. The van der Waals surface area contributed by atoms with Crippen LogP contribution in [0, 0.1) is 0 Å². The zero-order chi connectivity index (χ0) is 28.8. The highest BCUT2D eigenvalue weighted by Gasteiger charge is 2.43. The van der Waals surface area contributed by atoms with Crippen LogP contribution in [0.4, 0.5) is 4.79 Å². The zero-order valence-electron chi connectivity index (χ0n) is 22.8. The molecule has 1 aliphatic carbocycles. The number of nitrogens with zero attached hydrogens (tertiary/aromatic N) is 1. The Morgan fingerprint density at radius 3 is 2.10 bits per heavy atom. The van der Waals surface area contributed by atoms with Gasteiger partial charge in [0.25, 0.3) is 0 Å². The minimum atomic E-state index is -1.57. The molecule has 1 saturated heterocycles. The van der Waals surface area contributed by atoms with Gasteiger partial charge in [-0.15, -0.1) is 0 Å². The van der Waals surface area contributed by atoms with Gasteiger partial charge < -0.3 is 25.6 Å². The van der Waals surface area contributed by atoms with Gasteiger partial charge in [-0.1, -0.05) is 78.9 Å². The summed E-state index contributed by atoms with van der Waals surface area (Å²) in [6, 6.07) is 26.2. The van der Waals surface area contributed by atoms with E-state index in [1.54, 1.807) is 0 Å². The molecule has 41 heavy (non-hydrogen) atoms. The van der Waals surface area contributed by atoms with Gasteiger partial charge in [0, 0.05) is 38.5 Å². The first-order valence-electron chi connectivity index (χ1n) is 13.9. The lowest BCUT2D eigenvalue weighted by Crippen LogP contribution is -2.63. The first-order valence-corrected chi connectivity index (χ1v) is 13.9. The summed E-state index contributed by atoms with van der Waals surface area (Å²) >= 11 is 0. The van der Waals surface area contributed by atoms with E-state index in [1.165, 1.54) is 0 Å². The van der Waals surface area contributed by atoms with Crippen LogP contribution in [0.2, 0.25) is 0 Å². The summed E-state index contributed by atoms with van der Waals surface area (Å²) < 4.78 is 5.75. The van der Waals surface area contributed by atoms with E-state index in [4.69, 9.17) is 9.84 Å². The van der Waals surface area contributed by atoms with Gasteiger partial charge in [0.05, 0.1) is 0 Å². The smallest absolute Gasteiger partial charge is 0.408 e. The zero-order valence-corrected chi connectivity index (χ0v) is 22.8. The Labute approximate surface area is 239 Å². The highest BCUT2D eigenvalue weighted by atomic mass is 16.5. The van der Waals surface area contributed by atoms with Crippen molar-refractivity contribution in [2.75, 3.05) is 26.2 Å². The molecule has 3 aromatic rings. The predicted octanol–water partition coefficient (Wildman–Crippen LogP) is 3.51. The number of benzene rings is 3. The van der Waals surface area contributed by atoms with Crippen molar-refractivity contribution in [2.24, 2.45) is 0 Å². The maximum atomic E-state index is 13.4. The Balaban J connectivity index is 1.25. The standard InChI is InChI=1S/C32H35N3O6/c36-28(29(37)38)14-17-33-30(39)32(15-18-35(19-16-32)20-22-8-2-1-3-9-22)34-31(40)41-21-27-25-12-6-4-10-23(25)24-11-5-7-13-26(24)27/h1-13,27-28,36H,14-21H2,(H,33,39)(H,34,40)(H,37,38). The predicted molar refractivity (Wildman–Crippen MR) is 153 cm³/mol. The molecule has 0 aromatic heterocycles. The van der Waals surface area contributed by atoms with Gasteiger partial charge in [0.1, 0.15) is 12.1 Å². The van der Waals surface area contributed by atoms with Crippen LogP contribution in [0.25, 0.3) is 11.1 Å². The number of hydrogen-bond donors (Lipinski definition) is 4. The highest BCUT2D eigenvalue weighted by Crippen LogP contribution is 2.44. The topological polar surface area (TPSA) is 128 Å². The molecule has 214 valence electrons. The van der Waals surface area contributed by atoms with Gasteiger partial charge in [-0.3, -0.25) is 9.69 Å². The second-order valence-corrected chi connectivity index (χ2v) is 10.7. The number of aliphatic hydroxyl groups excluding tert-OH is 1.